The van der Waals surface area contributed by atoms with Gasteiger partial charge in [-0.15, -0.1) is 0 Å². The van der Waals surface area contributed by atoms with Crippen molar-refractivity contribution >= 4 is 12.6 Å². The van der Waals surface area contributed by atoms with E-state index in [0.29, 0.717) is 24.5 Å². The van der Waals surface area contributed by atoms with Crippen molar-refractivity contribution in [1.82, 2.24) is 5.43 Å². The number of ether oxygens (including phenoxy) is 2. The SMILES string of the molecule is CCOc1ccc(C=NNC=O)cc1OC. The molecule has 1 rings (SSSR count). The lowest BCUT2D eigenvalue weighted by atomic mass is 10.2. The minimum atomic E-state index is 0.502. The third-order valence-electron chi connectivity index (χ3n) is 1.83. The van der Waals surface area contributed by atoms with Crippen LogP contribution >= 0.6 is 0 Å². The zero-order chi connectivity index (χ0) is 11.8. The van der Waals surface area contributed by atoms with E-state index in [1.54, 1.807) is 19.2 Å². The van der Waals surface area contributed by atoms with Gasteiger partial charge in [0.25, 0.3) is 0 Å². The Morgan fingerprint density at radius 1 is 1.44 bits per heavy atom. The molecule has 1 amide bonds. The first-order valence-corrected chi connectivity index (χ1v) is 4.85. The van der Waals surface area contributed by atoms with Crippen LogP contribution in [0.25, 0.3) is 0 Å². The van der Waals surface area contributed by atoms with Crippen molar-refractivity contribution in [1.29, 1.82) is 0 Å². The summed E-state index contributed by atoms with van der Waals surface area (Å²) in [5, 5.41) is 3.67. The van der Waals surface area contributed by atoms with Gasteiger partial charge in [0.1, 0.15) is 0 Å². The fourth-order valence-corrected chi connectivity index (χ4v) is 1.18. The van der Waals surface area contributed by atoms with Crippen LogP contribution in [-0.2, 0) is 4.79 Å². The third kappa shape index (κ3) is 3.27. The molecule has 0 aliphatic heterocycles. The second kappa shape index (κ2) is 6.44. The van der Waals surface area contributed by atoms with Gasteiger partial charge in [-0.05, 0) is 30.7 Å². The van der Waals surface area contributed by atoms with Gasteiger partial charge in [0.2, 0.25) is 6.41 Å². The first-order valence-electron chi connectivity index (χ1n) is 4.85. The minimum Gasteiger partial charge on any atom is -0.493 e. The molecule has 0 radical (unpaired) electrons. The highest BCUT2D eigenvalue weighted by molar-refractivity contribution is 5.81. The lowest BCUT2D eigenvalue weighted by molar-refractivity contribution is -0.109. The smallest absolute Gasteiger partial charge is 0.227 e. The van der Waals surface area contributed by atoms with E-state index in [4.69, 9.17) is 9.47 Å². The summed E-state index contributed by atoms with van der Waals surface area (Å²) >= 11 is 0. The minimum absolute atomic E-state index is 0.502. The molecule has 0 aliphatic rings. The van der Waals surface area contributed by atoms with Crippen molar-refractivity contribution in [2.75, 3.05) is 13.7 Å². The van der Waals surface area contributed by atoms with E-state index in [2.05, 4.69) is 10.5 Å². The number of rotatable bonds is 6. The van der Waals surface area contributed by atoms with Gasteiger partial charge in [0.05, 0.1) is 19.9 Å². The second-order valence-electron chi connectivity index (χ2n) is 2.85. The summed E-state index contributed by atoms with van der Waals surface area (Å²) in [5.41, 5.74) is 3.01. The number of methoxy groups -OCH3 is 1. The van der Waals surface area contributed by atoms with Crippen LogP contribution in [0.3, 0.4) is 0 Å². The maximum atomic E-state index is 9.99. The van der Waals surface area contributed by atoms with Gasteiger partial charge in [-0.1, -0.05) is 0 Å². The maximum Gasteiger partial charge on any atom is 0.227 e. The third-order valence-corrected chi connectivity index (χ3v) is 1.83. The molecule has 0 heterocycles. The Kier molecular flexibility index (Phi) is 4.85. The molecule has 0 aliphatic carbocycles. The van der Waals surface area contributed by atoms with E-state index in [1.165, 1.54) is 6.21 Å². The van der Waals surface area contributed by atoms with Crippen LogP contribution in [-0.4, -0.2) is 26.3 Å². The monoisotopic (exact) mass is 222 g/mol. The standard InChI is InChI=1S/C11H14N2O3/c1-3-16-10-5-4-9(6-11(10)15-2)7-12-13-8-14/h4-8H,3H2,1-2H3,(H,13,14). The fraction of sp³-hybridized carbons (Fsp3) is 0.273. The van der Waals surface area contributed by atoms with Crippen LogP contribution in [0.5, 0.6) is 11.5 Å². The van der Waals surface area contributed by atoms with Crippen LogP contribution in [0.2, 0.25) is 0 Å². The lowest BCUT2D eigenvalue weighted by Crippen LogP contribution is -2.01. The van der Waals surface area contributed by atoms with Crippen molar-refractivity contribution in [2.45, 2.75) is 6.92 Å². The number of hydrazone groups is 1. The molecule has 1 N–H and O–H groups in total. The van der Waals surface area contributed by atoms with Crippen molar-refractivity contribution in [3.05, 3.63) is 23.8 Å². The molecule has 86 valence electrons. The fourth-order valence-electron chi connectivity index (χ4n) is 1.18. The molecular formula is C11H14N2O3. The Bertz CT molecular complexity index is 377. The van der Waals surface area contributed by atoms with E-state index < -0.39 is 0 Å². The first-order chi connectivity index (χ1) is 7.81. The summed E-state index contributed by atoms with van der Waals surface area (Å²) in [5.74, 6) is 1.32. The molecule has 0 atom stereocenters. The molecule has 0 aromatic heterocycles. The average molecular weight is 222 g/mol. The van der Waals surface area contributed by atoms with Crippen molar-refractivity contribution in [3.63, 3.8) is 0 Å². The summed E-state index contributed by atoms with van der Waals surface area (Å²) in [6, 6.07) is 5.40. The number of carbonyl (C=O) groups excluding carboxylic acids is 1. The van der Waals surface area contributed by atoms with Crippen LogP contribution in [0.15, 0.2) is 23.3 Å². The van der Waals surface area contributed by atoms with Gasteiger partial charge in [-0.25, -0.2) is 5.43 Å². The largest absolute Gasteiger partial charge is 0.493 e. The Hall–Kier alpha value is -2.04. The van der Waals surface area contributed by atoms with Gasteiger partial charge >= 0.3 is 0 Å². The number of carbonyl (C=O) groups is 1. The molecule has 0 fully saturated rings. The molecule has 5 nitrogen and oxygen atoms in total. The number of hydrogen-bond acceptors (Lipinski definition) is 4. The molecular weight excluding hydrogens is 208 g/mol. The molecule has 1 aromatic carbocycles. The quantitative estimate of drug-likeness (QED) is 0.446. The van der Waals surface area contributed by atoms with Crippen molar-refractivity contribution < 1.29 is 14.3 Å². The molecule has 0 spiro atoms. The van der Waals surface area contributed by atoms with Crippen LogP contribution in [0.1, 0.15) is 12.5 Å². The number of amides is 1. The summed E-state index contributed by atoms with van der Waals surface area (Å²) in [6.07, 6.45) is 2.02. The Balaban J connectivity index is 2.85. The summed E-state index contributed by atoms with van der Waals surface area (Å²) in [7, 11) is 1.57. The Morgan fingerprint density at radius 2 is 2.25 bits per heavy atom. The highest BCUT2D eigenvalue weighted by atomic mass is 16.5. The molecule has 0 saturated carbocycles. The highest BCUT2D eigenvalue weighted by Crippen LogP contribution is 2.27. The first kappa shape index (κ1) is 12.0. The predicted molar refractivity (Wildman–Crippen MR) is 61.0 cm³/mol. The van der Waals surface area contributed by atoms with Gasteiger partial charge in [-0.2, -0.15) is 5.10 Å². The van der Waals surface area contributed by atoms with Gasteiger partial charge in [0, 0.05) is 0 Å². The lowest BCUT2D eigenvalue weighted by Gasteiger charge is -2.09. The van der Waals surface area contributed by atoms with Crippen molar-refractivity contribution in [3.8, 4) is 11.5 Å². The summed E-state index contributed by atoms with van der Waals surface area (Å²) in [6.45, 7) is 2.49. The van der Waals surface area contributed by atoms with E-state index in [1.807, 2.05) is 13.0 Å². The van der Waals surface area contributed by atoms with Crippen molar-refractivity contribution in [2.24, 2.45) is 5.10 Å². The van der Waals surface area contributed by atoms with Crippen LogP contribution in [0.4, 0.5) is 0 Å². The normalized spacial score (nSPS) is 10.1. The number of nitrogens with one attached hydrogen (secondary N) is 1. The molecule has 16 heavy (non-hydrogen) atoms. The summed E-state index contributed by atoms with van der Waals surface area (Å²) < 4.78 is 10.5. The number of hydrogen-bond donors (Lipinski definition) is 1. The maximum absolute atomic E-state index is 9.99. The Morgan fingerprint density at radius 3 is 2.88 bits per heavy atom. The molecule has 5 heteroatoms. The number of nitrogens with zero attached hydrogens (tertiary/aromatic N) is 1. The van der Waals surface area contributed by atoms with Gasteiger partial charge in [-0.3, -0.25) is 4.79 Å². The van der Waals surface area contributed by atoms with E-state index in [-0.39, 0.29) is 0 Å². The van der Waals surface area contributed by atoms with E-state index in [0.717, 1.165) is 5.56 Å². The Labute approximate surface area is 94.1 Å². The second-order valence-corrected chi connectivity index (χ2v) is 2.85. The van der Waals surface area contributed by atoms with E-state index >= 15 is 0 Å². The van der Waals surface area contributed by atoms with Gasteiger partial charge < -0.3 is 9.47 Å². The predicted octanol–water partition coefficient (Wildman–Crippen LogP) is 1.17. The zero-order valence-electron chi connectivity index (χ0n) is 9.27. The zero-order valence-corrected chi connectivity index (χ0v) is 9.27. The molecule has 0 bridgehead atoms. The molecule has 0 saturated heterocycles. The number of benzene rings is 1. The topological polar surface area (TPSA) is 59.9 Å². The molecule has 1 aromatic rings. The van der Waals surface area contributed by atoms with Crippen LogP contribution in [0, 0.1) is 0 Å². The summed E-state index contributed by atoms with van der Waals surface area (Å²) in [4.78, 5) is 9.99. The highest BCUT2D eigenvalue weighted by Gasteiger charge is 2.03. The average Bonchev–Trinajstić information content (AvgIpc) is 2.31. The molecule has 0 unspecified atom stereocenters. The van der Waals surface area contributed by atoms with E-state index in [9.17, 15) is 4.79 Å². The van der Waals surface area contributed by atoms with Crippen LogP contribution < -0.4 is 14.9 Å². The van der Waals surface area contributed by atoms with Gasteiger partial charge in [0.15, 0.2) is 11.5 Å².